The normalized spacial score (nSPS) is 12.3. The fourth-order valence-electron chi connectivity index (χ4n) is 2.72. The van der Waals surface area contributed by atoms with E-state index in [1.54, 1.807) is 14.0 Å². The maximum absolute atomic E-state index is 13.0. The van der Waals surface area contributed by atoms with Crippen LogP contribution in [0.4, 0.5) is 32.0 Å². The van der Waals surface area contributed by atoms with Crippen molar-refractivity contribution in [3.63, 3.8) is 0 Å². The van der Waals surface area contributed by atoms with Gasteiger partial charge in [-0.3, -0.25) is 9.48 Å². The van der Waals surface area contributed by atoms with Crippen LogP contribution in [-0.2, 0) is 13.2 Å². The number of nitrogens with one attached hydrogen (secondary N) is 1. The van der Waals surface area contributed by atoms with Crippen molar-refractivity contribution in [1.82, 2.24) is 14.8 Å². The van der Waals surface area contributed by atoms with E-state index < -0.39 is 41.9 Å². The Morgan fingerprint density at radius 1 is 1.17 bits per heavy atom. The third kappa shape index (κ3) is 4.63. The number of amides is 1. The minimum atomic E-state index is -4.77. The van der Waals surface area contributed by atoms with Gasteiger partial charge in [-0.2, -0.15) is 31.4 Å². The minimum absolute atomic E-state index is 0.0159. The highest BCUT2D eigenvalue weighted by molar-refractivity contribution is 6.06. The Labute approximate surface area is 165 Å². The van der Waals surface area contributed by atoms with E-state index in [9.17, 15) is 31.1 Å². The van der Waals surface area contributed by atoms with Crippen molar-refractivity contribution >= 4 is 22.6 Å². The van der Waals surface area contributed by atoms with Gasteiger partial charge in [0.25, 0.3) is 5.91 Å². The number of hydrogen-bond acceptors (Lipinski definition) is 4. The maximum Gasteiger partial charge on any atom is 0.422 e. The van der Waals surface area contributed by atoms with Gasteiger partial charge in [0, 0.05) is 18.6 Å². The average molecular weight is 432 g/mol. The van der Waals surface area contributed by atoms with Crippen LogP contribution < -0.4 is 10.1 Å². The lowest BCUT2D eigenvalue weighted by Gasteiger charge is -2.16. The number of halogens is 6. The second kappa shape index (κ2) is 7.50. The molecule has 160 valence electrons. The van der Waals surface area contributed by atoms with Crippen LogP contribution in [0, 0.1) is 6.92 Å². The molecule has 2 aromatic heterocycles. The van der Waals surface area contributed by atoms with E-state index in [-0.39, 0.29) is 5.56 Å². The van der Waals surface area contributed by atoms with E-state index in [1.807, 2.05) is 0 Å². The Balaban J connectivity index is 1.94. The SMILES string of the molecule is Cc1nn(C)c2ncc(C(=O)Nc3cc(C(F)(F)F)ccc3OCC(F)(F)F)cc12. The van der Waals surface area contributed by atoms with Gasteiger partial charge >= 0.3 is 12.4 Å². The van der Waals surface area contributed by atoms with Crippen LogP contribution in [-0.4, -0.2) is 33.5 Å². The van der Waals surface area contributed by atoms with Gasteiger partial charge in [0.15, 0.2) is 12.3 Å². The van der Waals surface area contributed by atoms with Crippen molar-refractivity contribution in [3.8, 4) is 5.75 Å². The Hall–Kier alpha value is -3.31. The monoisotopic (exact) mass is 432 g/mol. The highest BCUT2D eigenvalue weighted by atomic mass is 19.4. The molecule has 3 rings (SSSR count). The number of aromatic nitrogens is 3. The Kier molecular flexibility index (Phi) is 5.35. The first-order valence-electron chi connectivity index (χ1n) is 8.36. The van der Waals surface area contributed by atoms with E-state index in [4.69, 9.17) is 0 Å². The topological polar surface area (TPSA) is 69.0 Å². The number of pyridine rings is 1. The molecule has 0 saturated heterocycles. The predicted molar refractivity (Wildman–Crippen MR) is 94.2 cm³/mol. The lowest BCUT2D eigenvalue weighted by atomic mass is 10.1. The van der Waals surface area contributed by atoms with Crippen LogP contribution in [0.25, 0.3) is 11.0 Å². The molecule has 1 aromatic carbocycles. The summed E-state index contributed by atoms with van der Waals surface area (Å²) in [6.45, 7) is -0.0504. The van der Waals surface area contributed by atoms with Crippen LogP contribution >= 0.6 is 0 Å². The Bertz CT molecular complexity index is 1100. The summed E-state index contributed by atoms with van der Waals surface area (Å²) in [5.41, 5.74) is -0.672. The van der Waals surface area contributed by atoms with Crippen molar-refractivity contribution in [3.05, 3.63) is 47.3 Å². The molecule has 0 bridgehead atoms. The minimum Gasteiger partial charge on any atom is -0.482 e. The van der Waals surface area contributed by atoms with Crippen molar-refractivity contribution in [2.75, 3.05) is 11.9 Å². The predicted octanol–water partition coefficient (Wildman–Crippen LogP) is 4.49. The van der Waals surface area contributed by atoms with Crippen molar-refractivity contribution in [2.24, 2.45) is 7.05 Å². The zero-order valence-corrected chi connectivity index (χ0v) is 15.5. The summed E-state index contributed by atoms with van der Waals surface area (Å²) >= 11 is 0. The number of aryl methyl sites for hydroxylation is 2. The summed E-state index contributed by atoms with van der Waals surface area (Å²) in [6, 6.07) is 3.22. The molecule has 0 atom stereocenters. The molecule has 30 heavy (non-hydrogen) atoms. The third-order valence-corrected chi connectivity index (χ3v) is 4.07. The smallest absolute Gasteiger partial charge is 0.422 e. The molecule has 6 nitrogen and oxygen atoms in total. The molecule has 0 aliphatic heterocycles. The van der Waals surface area contributed by atoms with Gasteiger partial charge in [0.1, 0.15) is 5.75 Å². The summed E-state index contributed by atoms with van der Waals surface area (Å²) in [4.78, 5) is 16.6. The summed E-state index contributed by atoms with van der Waals surface area (Å²) < 4.78 is 82.4. The van der Waals surface area contributed by atoms with Crippen molar-refractivity contribution in [2.45, 2.75) is 19.3 Å². The molecule has 1 amide bonds. The van der Waals surface area contributed by atoms with E-state index in [0.29, 0.717) is 28.9 Å². The van der Waals surface area contributed by atoms with Gasteiger partial charge in [-0.1, -0.05) is 0 Å². The first kappa shape index (κ1) is 21.4. The van der Waals surface area contributed by atoms with Crippen LogP contribution in [0.3, 0.4) is 0 Å². The molecule has 0 spiro atoms. The number of hydrogen-bond donors (Lipinski definition) is 1. The van der Waals surface area contributed by atoms with Crippen molar-refractivity contribution < 1.29 is 35.9 Å². The largest absolute Gasteiger partial charge is 0.482 e. The number of nitrogens with zero attached hydrogens (tertiary/aromatic N) is 3. The van der Waals surface area contributed by atoms with E-state index in [0.717, 1.165) is 6.07 Å². The molecule has 1 N–H and O–H groups in total. The Morgan fingerprint density at radius 2 is 1.87 bits per heavy atom. The van der Waals surface area contributed by atoms with Gasteiger partial charge in [-0.15, -0.1) is 0 Å². The molecular formula is C18H14F6N4O2. The summed E-state index contributed by atoms with van der Waals surface area (Å²) in [6.07, 6.45) is -8.30. The third-order valence-electron chi connectivity index (χ3n) is 4.07. The molecule has 0 fully saturated rings. The standard InChI is InChI=1S/C18H14F6N4O2/c1-9-12-5-10(7-25-15(12)28(2)27-9)16(29)26-13-6-11(18(22,23)24)3-4-14(13)30-8-17(19,20)21/h3-7H,8H2,1-2H3,(H,26,29). The summed E-state index contributed by atoms with van der Waals surface area (Å²) in [7, 11) is 1.65. The zero-order chi connectivity index (χ0) is 22.3. The van der Waals surface area contributed by atoms with E-state index >= 15 is 0 Å². The van der Waals surface area contributed by atoms with Gasteiger partial charge in [0.2, 0.25) is 0 Å². The molecule has 0 aliphatic rings. The number of anilines is 1. The quantitative estimate of drug-likeness (QED) is 0.617. The van der Waals surface area contributed by atoms with Gasteiger partial charge in [-0.05, 0) is 31.2 Å². The number of alkyl halides is 6. The highest BCUT2D eigenvalue weighted by Crippen LogP contribution is 2.36. The number of carbonyl (C=O) groups is 1. The van der Waals surface area contributed by atoms with Crippen molar-refractivity contribution in [1.29, 1.82) is 0 Å². The molecule has 0 aliphatic carbocycles. The first-order chi connectivity index (χ1) is 13.8. The van der Waals surface area contributed by atoms with Crippen LogP contribution in [0.2, 0.25) is 0 Å². The zero-order valence-electron chi connectivity index (χ0n) is 15.5. The van der Waals surface area contributed by atoms with Crippen LogP contribution in [0.15, 0.2) is 30.5 Å². The Morgan fingerprint density at radius 3 is 2.50 bits per heavy atom. The van der Waals surface area contributed by atoms with Gasteiger partial charge < -0.3 is 10.1 Å². The van der Waals surface area contributed by atoms with E-state index in [1.165, 1.54) is 16.9 Å². The number of carbonyl (C=O) groups excluding carboxylic acids is 1. The molecule has 0 saturated carbocycles. The molecule has 12 heteroatoms. The highest BCUT2D eigenvalue weighted by Gasteiger charge is 2.33. The van der Waals surface area contributed by atoms with Gasteiger partial charge in [-0.25, -0.2) is 4.98 Å². The van der Waals surface area contributed by atoms with E-state index in [2.05, 4.69) is 20.1 Å². The second-order valence-corrected chi connectivity index (χ2v) is 6.37. The number of fused-ring (bicyclic) bond motifs is 1. The summed E-state index contributed by atoms with van der Waals surface area (Å²) in [5.74, 6) is -1.43. The van der Waals surface area contributed by atoms with Gasteiger partial charge in [0.05, 0.1) is 22.5 Å². The maximum atomic E-state index is 13.0. The fourth-order valence-corrected chi connectivity index (χ4v) is 2.72. The number of rotatable bonds is 4. The first-order valence-corrected chi connectivity index (χ1v) is 8.36. The fraction of sp³-hybridized carbons (Fsp3) is 0.278. The number of benzene rings is 1. The lowest BCUT2D eigenvalue weighted by molar-refractivity contribution is -0.153. The summed E-state index contributed by atoms with van der Waals surface area (Å²) in [5, 5.41) is 6.86. The second-order valence-electron chi connectivity index (χ2n) is 6.37. The number of ether oxygens (including phenoxy) is 1. The molecule has 2 heterocycles. The molecule has 0 unspecified atom stereocenters. The average Bonchev–Trinajstić information content (AvgIpc) is 2.92. The van der Waals surface area contributed by atoms with Crippen LogP contribution in [0.1, 0.15) is 21.6 Å². The lowest BCUT2D eigenvalue weighted by Crippen LogP contribution is -2.21. The van der Waals surface area contributed by atoms with Crippen LogP contribution in [0.5, 0.6) is 5.75 Å². The molecular weight excluding hydrogens is 418 g/mol. The molecule has 0 radical (unpaired) electrons. The molecule has 3 aromatic rings.